The summed E-state index contributed by atoms with van der Waals surface area (Å²) < 4.78 is 0. The Hall–Kier alpha value is -0.930. The van der Waals surface area contributed by atoms with Crippen LogP contribution in [0.3, 0.4) is 0 Å². The Morgan fingerprint density at radius 3 is 2.50 bits per heavy atom. The lowest BCUT2D eigenvalue weighted by Gasteiger charge is -2.21. The Morgan fingerprint density at radius 2 is 2.00 bits per heavy atom. The lowest BCUT2D eigenvalue weighted by atomic mass is 10.1. The van der Waals surface area contributed by atoms with Gasteiger partial charge in [-0.1, -0.05) is 0 Å². The molecule has 0 aliphatic carbocycles. The highest BCUT2D eigenvalue weighted by Crippen LogP contribution is 2.11. The van der Waals surface area contributed by atoms with Gasteiger partial charge < -0.3 is 10.4 Å². The predicted molar refractivity (Wildman–Crippen MR) is 57.0 cm³/mol. The van der Waals surface area contributed by atoms with Crippen LogP contribution in [0.5, 0.6) is 0 Å². The molecule has 0 aromatic carbocycles. The van der Waals surface area contributed by atoms with Crippen molar-refractivity contribution in [1.29, 1.82) is 0 Å². The lowest BCUT2D eigenvalue weighted by molar-refractivity contribution is 0.0770. The highest BCUT2D eigenvalue weighted by atomic mass is 16.3. The number of hydrogen-bond acceptors (Lipinski definition) is 3. The van der Waals surface area contributed by atoms with Gasteiger partial charge in [-0.2, -0.15) is 0 Å². The summed E-state index contributed by atoms with van der Waals surface area (Å²) in [6.45, 7) is 6.23. The molecule has 1 atom stereocenters. The summed E-state index contributed by atoms with van der Waals surface area (Å²) in [5, 5.41) is 12.8. The first-order chi connectivity index (χ1) is 6.49. The minimum Gasteiger partial charge on any atom is -0.389 e. The van der Waals surface area contributed by atoms with Gasteiger partial charge in [-0.25, -0.2) is 0 Å². The van der Waals surface area contributed by atoms with Gasteiger partial charge in [0.05, 0.1) is 5.60 Å². The number of nitrogens with zero attached hydrogens (tertiary/aromatic N) is 1. The fourth-order valence-corrected chi connectivity index (χ4v) is 1.17. The first-order valence-corrected chi connectivity index (χ1v) is 4.85. The number of pyridine rings is 1. The van der Waals surface area contributed by atoms with Crippen molar-refractivity contribution < 1.29 is 5.11 Å². The number of hydrogen-bond donors (Lipinski definition) is 2. The average molecular weight is 194 g/mol. The first-order valence-electron chi connectivity index (χ1n) is 4.85. The van der Waals surface area contributed by atoms with E-state index in [9.17, 15) is 5.11 Å². The van der Waals surface area contributed by atoms with Crippen LogP contribution in [0.25, 0.3) is 0 Å². The summed E-state index contributed by atoms with van der Waals surface area (Å²) in [6, 6.07) is 4.19. The molecule has 3 heteroatoms. The van der Waals surface area contributed by atoms with Gasteiger partial charge in [0.1, 0.15) is 0 Å². The van der Waals surface area contributed by atoms with Crippen LogP contribution in [-0.4, -0.2) is 22.2 Å². The van der Waals surface area contributed by atoms with Gasteiger partial charge in [0.25, 0.3) is 0 Å². The third-order valence-corrected chi connectivity index (χ3v) is 2.05. The van der Waals surface area contributed by atoms with Crippen LogP contribution in [0, 0.1) is 0 Å². The normalized spacial score (nSPS) is 14.0. The van der Waals surface area contributed by atoms with E-state index in [1.165, 1.54) is 5.56 Å². The molecule has 0 fully saturated rings. The van der Waals surface area contributed by atoms with E-state index in [1.807, 2.05) is 12.1 Å². The van der Waals surface area contributed by atoms with Crippen molar-refractivity contribution >= 4 is 0 Å². The minimum atomic E-state index is -0.665. The van der Waals surface area contributed by atoms with Gasteiger partial charge in [-0.15, -0.1) is 0 Å². The van der Waals surface area contributed by atoms with Gasteiger partial charge in [0, 0.05) is 25.0 Å². The van der Waals surface area contributed by atoms with Crippen LogP contribution in [0.4, 0.5) is 0 Å². The quantitative estimate of drug-likeness (QED) is 0.763. The fraction of sp³-hybridized carbons (Fsp3) is 0.545. The smallest absolute Gasteiger partial charge is 0.0715 e. The minimum absolute atomic E-state index is 0.240. The molecule has 0 amide bonds. The molecule has 1 aromatic rings. The Balaban J connectivity index is 2.48. The molecule has 3 nitrogen and oxygen atoms in total. The number of aromatic nitrogens is 1. The largest absolute Gasteiger partial charge is 0.389 e. The molecule has 2 N–H and O–H groups in total. The van der Waals surface area contributed by atoms with E-state index < -0.39 is 5.60 Å². The number of aliphatic hydroxyl groups is 1. The van der Waals surface area contributed by atoms with Gasteiger partial charge in [0.2, 0.25) is 0 Å². The summed E-state index contributed by atoms with van der Waals surface area (Å²) in [5.74, 6) is 0. The Kier molecular flexibility index (Phi) is 3.61. The summed E-state index contributed by atoms with van der Waals surface area (Å²) in [4.78, 5) is 3.96. The molecule has 0 aliphatic rings. The SMILES string of the molecule is C[C@H](NCC(C)(C)O)c1ccncc1. The Labute approximate surface area is 85.2 Å². The average Bonchev–Trinajstić information content (AvgIpc) is 2.14. The number of rotatable bonds is 4. The molecule has 0 bridgehead atoms. The topological polar surface area (TPSA) is 45.1 Å². The monoisotopic (exact) mass is 194 g/mol. The molecule has 1 aromatic heterocycles. The van der Waals surface area contributed by atoms with E-state index in [1.54, 1.807) is 26.2 Å². The summed E-state index contributed by atoms with van der Waals surface area (Å²) >= 11 is 0. The van der Waals surface area contributed by atoms with Crippen LogP contribution in [0.15, 0.2) is 24.5 Å². The van der Waals surface area contributed by atoms with Crippen LogP contribution in [-0.2, 0) is 0 Å². The van der Waals surface area contributed by atoms with Crippen molar-refractivity contribution in [1.82, 2.24) is 10.3 Å². The molecule has 1 rings (SSSR count). The molecule has 0 saturated heterocycles. The maximum atomic E-state index is 9.54. The zero-order valence-electron chi connectivity index (χ0n) is 8.99. The maximum Gasteiger partial charge on any atom is 0.0715 e. The van der Waals surface area contributed by atoms with Crippen LogP contribution in [0.2, 0.25) is 0 Å². The van der Waals surface area contributed by atoms with Crippen molar-refractivity contribution in [3.05, 3.63) is 30.1 Å². The van der Waals surface area contributed by atoms with Gasteiger partial charge >= 0.3 is 0 Å². The highest BCUT2D eigenvalue weighted by Gasteiger charge is 2.13. The van der Waals surface area contributed by atoms with E-state index in [2.05, 4.69) is 17.2 Å². The van der Waals surface area contributed by atoms with Crippen molar-refractivity contribution in [3.8, 4) is 0 Å². The second-order valence-electron chi connectivity index (χ2n) is 4.20. The van der Waals surface area contributed by atoms with Gasteiger partial charge in [-0.3, -0.25) is 4.98 Å². The fourth-order valence-electron chi connectivity index (χ4n) is 1.17. The Bertz CT molecular complexity index is 266. The molecule has 78 valence electrons. The maximum absolute atomic E-state index is 9.54. The second-order valence-corrected chi connectivity index (χ2v) is 4.20. The van der Waals surface area contributed by atoms with Gasteiger partial charge in [-0.05, 0) is 38.5 Å². The highest BCUT2D eigenvalue weighted by molar-refractivity contribution is 5.13. The zero-order chi connectivity index (χ0) is 10.6. The third kappa shape index (κ3) is 3.85. The molecular weight excluding hydrogens is 176 g/mol. The van der Waals surface area contributed by atoms with Crippen LogP contribution < -0.4 is 5.32 Å². The van der Waals surface area contributed by atoms with Gasteiger partial charge in [0.15, 0.2) is 0 Å². The Morgan fingerprint density at radius 1 is 1.43 bits per heavy atom. The molecule has 0 radical (unpaired) electrons. The third-order valence-electron chi connectivity index (χ3n) is 2.05. The predicted octanol–water partition coefficient (Wildman–Crippen LogP) is 1.50. The van der Waals surface area contributed by atoms with E-state index in [4.69, 9.17) is 0 Å². The lowest BCUT2D eigenvalue weighted by Crippen LogP contribution is -2.36. The molecule has 14 heavy (non-hydrogen) atoms. The van der Waals surface area contributed by atoms with Crippen LogP contribution in [0.1, 0.15) is 32.4 Å². The van der Waals surface area contributed by atoms with Crippen molar-refractivity contribution in [3.63, 3.8) is 0 Å². The van der Waals surface area contributed by atoms with E-state index in [-0.39, 0.29) is 6.04 Å². The summed E-state index contributed by atoms with van der Waals surface area (Å²) in [6.07, 6.45) is 3.55. The van der Waals surface area contributed by atoms with E-state index >= 15 is 0 Å². The van der Waals surface area contributed by atoms with E-state index in [0.717, 1.165) is 0 Å². The standard InChI is InChI=1S/C11H18N2O/c1-9(13-8-11(2,3)14)10-4-6-12-7-5-10/h4-7,9,13-14H,8H2,1-3H3/t9-/m0/s1. The molecule has 1 heterocycles. The zero-order valence-corrected chi connectivity index (χ0v) is 8.99. The molecule has 0 aliphatic heterocycles. The molecule has 0 unspecified atom stereocenters. The van der Waals surface area contributed by atoms with Crippen LogP contribution >= 0.6 is 0 Å². The first kappa shape index (κ1) is 11.1. The van der Waals surface area contributed by atoms with E-state index in [0.29, 0.717) is 6.54 Å². The summed E-state index contributed by atoms with van der Waals surface area (Å²) in [7, 11) is 0. The molecular formula is C11H18N2O. The van der Waals surface area contributed by atoms with Crippen molar-refractivity contribution in [2.45, 2.75) is 32.4 Å². The van der Waals surface area contributed by atoms with Crippen molar-refractivity contribution in [2.24, 2.45) is 0 Å². The summed E-state index contributed by atoms with van der Waals surface area (Å²) in [5.41, 5.74) is 0.519. The molecule has 0 spiro atoms. The molecule has 0 saturated carbocycles. The van der Waals surface area contributed by atoms with Crippen molar-refractivity contribution in [2.75, 3.05) is 6.54 Å². The number of nitrogens with one attached hydrogen (secondary N) is 1. The second kappa shape index (κ2) is 4.53.